The molecular weight excluding hydrogens is 349 g/mol. The highest BCUT2D eigenvalue weighted by Crippen LogP contribution is 2.25. The van der Waals surface area contributed by atoms with E-state index in [0.29, 0.717) is 10.0 Å². The van der Waals surface area contributed by atoms with Crippen molar-refractivity contribution in [1.29, 1.82) is 0 Å². The number of benzene rings is 2. The Hall–Kier alpha value is -1.88. The van der Waals surface area contributed by atoms with Gasteiger partial charge in [0.15, 0.2) is 0 Å². The fourth-order valence-electron chi connectivity index (χ4n) is 2.04. The number of rotatable bonds is 4. The second-order valence-corrected chi connectivity index (χ2v) is 6.54. The van der Waals surface area contributed by atoms with E-state index < -0.39 is 0 Å². The van der Waals surface area contributed by atoms with Crippen molar-refractivity contribution in [3.05, 3.63) is 69.5 Å². The molecule has 0 amide bonds. The van der Waals surface area contributed by atoms with Crippen molar-refractivity contribution in [2.75, 3.05) is 5.43 Å². The van der Waals surface area contributed by atoms with E-state index in [9.17, 15) is 0 Å². The first-order chi connectivity index (χ1) is 11.1. The summed E-state index contributed by atoms with van der Waals surface area (Å²) in [7, 11) is 0. The summed E-state index contributed by atoms with van der Waals surface area (Å²) in [5.74, 6) is 0. The van der Waals surface area contributed by atoms with Crippen molar-refractivity contribution in [3.63, 3.8) is 0 Å². The van der Waals surface area contributed by atoms with Crippen LogP contribution in [0.4, 0.5) is 5.13 Å². The monoisotopic (exact) mass is 361 g/mol. The van der Waals surface area contributed by atoms with Crippen molar-refractivity contribution in [1.82, 2.24) is 4.98 Å². The second kappa shape index (κ2) is 7.13. The molecular formula is C17H13Cl2N3S. The summed E-state index contributed by atoms with van der Waals surface area (Å²) in [6.07, 6.45) is 0. The molecule has 1 N–H and O–H groups in total. The zero-order valence-electron chi connectivity index (χ0n) is 12.3. The predicted molar refractivity (Wildman–Crippen MR) is 99.8 cm³/mol. The SMILES string of the molecule is C/C(=N/Nc1nc(-c2ccccc2)cs1)c1ccc(Cl)cc1Cl. The van der Waals surface area contributed by atoms with Crippen LogP contribution < -0.4 is 5.43 Å². The minimum atomic E-state index is 0.574. The van der Waals surface area contributed by atoms with Gasteiger partial charge < -0.3 is 0 Å². The summed E-state index contributed by atoms with van der Waals surface area (Å²) in [5.41, 5.74) is 6.59. The molecule has 0 saturated heterocycles. The Kier molecular flexibility index (Phi) is 4.96. The van der Waals surface area contributed by atoms with Gasteiger partial charge in [0, 0.05) is 21.5 Å². The highest BCUT2D eigenvalue weighted by atomic mass is 35.5. The Morgan fingerprint density at radius 1 is 1.13 bits per heavy atom. The van der Waals surface area contributed by atoms with Crippen molar-refractivity contribution in [2.24, 2.45) is 5.10 Å². The van der Waals surface area contributed by atoms with E-state index in [1.165, 1.54) is 11.3 Å². The van der Waals surface area contributed by atoms with Gasteiger partial charge in [-0.3, -0.25) is 5.43 Å². The van der Waals surface area contributed by atoms with Crippen LogP contribution in [0.2, 0.25) is 10.0 Å². The van der Waals surface area contributed by atoms with Crippen LogP contribution in [0, 0.1) is 0 Å². The molecule has 0 aliphatic heterocycles. The largest absolute Gasteiger partial charge is 0.252 e. The van der Waals surface area contributed by atoms with Crippen LogP contribution in [0.5, 0.6) is 0 Å². The maximum absolute atomic E-state index is 6.18. The smallest absolute Gasteiger partial charge is 0.203 e. The molecule has 23 heavy (non-hydrogen) atoms. The molecule has 116 valence electrons. The van der Waals surface area contributed by atoms with Gasteiger partial charge in [0.25, 0.3) is 0 Å². The second-order valence-electron chi connectivity index (χ2n) is 4.84. The molecule has 6 heteroatoms. The molecule has 3 rings (SSSR count). The average Bonchev–Trinajstić information content (AvgIpc) is 3.02. The van der Waals surface area contributed by atoms with Gasteiger partial charge in [0.05, 0.1) is 16.4 Å². The van der Waals surface area contributed by atoms with Crippen LogP contribution in [-0.4, -0.2) is 10.7 Å². The van der Waals surface area contributed by atoms with Gasteiger partial charge in [0.1, 0.15) is 0 Å². The third kappa shape index (κ3) is 3.91. The third-order valence-electron chi connectivity index (χ3n) is 3.21. The summed E-state index contributed by atoms with van der Waals surface area (Å²) in [6.45, 7) is 1.88. The van der Waals surface area contributed by atoms with Crippen LogP contribution in [0.15, 0.2) is 59.0 Å². The predicted octanol–water partition coefficient (Wildman–Crippen LogP) is 5.95. The third-order valence-corrected chi connectivity index (χ3v) is 4.51. The number of hydrogen-bond donors (Lipinski definition) is 1. The lowest BCUT2D eigenvalue weighted by atomic mass is 10.1. The highest BCUT2D eigenvalue weighted by molar-refractivity contribution is 7.14. The minimum Gasteiger partial charge on any atom is -0.252 e. The Morgan fingerprint density at radius 2 is 1.91 bits per heavy atom. The van der Waals surface area contributed by atoms with E-state index in [1.54, 1.807) is 12.1 Å². The van der Waals surface area contributed by atoms with Crippen molar-refractivity contribution in [2.45, 2.75) is 6.92 Å². The summed E-state index contributed by atoms with van der Waals surface area (Å²) < 4.78 is 0. The van der Waals surface area contributed by atoms with Gasteiger partial charge in [-0.1, -0.05) is 59.6 Å². The molecule has 2 aromatic carbocycles. The molecule has 0 aliphatic rings. The number of anilines is 1. The maximum atomic E-state index is 6.18. The fourth-order valence-corrected chi connectivity index (χ4v) is 3.25. The van der Waals surface area contributed by atoms with E-state index in [2.05, 4.69) is 15.5 Å². The molecule has 0 bridgehead atoms. The molecule has 3 nitrogen and oxygen atoms in total. The zero-order valence-corrected chi connectivity index (χ0v) is 14.6. The summed E-state index contributed by atoms with van der Waals surface area (Å²) >= 11 is 13.6. The lowest BCUT2D eigenvalue weighted by molar-refractivity contribution is 1.27. The van der Waals surface area contributed by atoms with Gasteiger partial charge in [-0.25, -0.2) is 4.98 Å². The van der Waals surface area contributed by atoms with Gasteiger partial charge in [-0.2, -0.15) is 5.10 Å². The number of thiazole rings is 1. The van der Waals surface area contributed by atoms with E-state index in [4.69, 9.17) is 23.2 Å². The number of hydrogen-bond acceptors (Lipinski definition) is 4. The first-order valence-electron chi connectivity index (χ1n) is 6.90. The zero-order chi connectivity index (χ0) is 16.2. The van der Waals surface area contributed by atoms with Gasteiger partial charge in [-0.05, 0) is 19.1 Å². The standard InChI is InChI=1S/C17H13Cl2N3S/c1-11(14-8-7-13(18)9-15(14)19)21-22-17-20-16(10-23-17)12-5-3-2-4-6-12/h2-10H,1H3,(H,20,22)/b21-11-. The van der Waals surface area contributed by atoms with Crippen LogP contribution in [0.3, 0.4) is 0 Å². The van der Waals surface area contributed by atoms with Crippen LogP contribution in [0.1, 0.15) is 12.5 Å². The van der Waals surface area contributed by atoms with Crippen molar-refractivity contribution < 1.29 is 0 Å². The van der Waals surface area contributed by atoms with Crippen molar-refractivity contribution >= 4 is 45.4 Å². The van der Waals surface area contributed by atoms with Gasteiger partial charge in [0.2, 0.25) is 5.13 Å². The quantitative estimate of drug-likeness (QED) is 0.460. The van der Waals surface area contributed by atoms with E-state index >= 15 is 0 Å². The maximum Gasteiger partial charge on any atom is 0.203 e. The molecule has 1 aromatic heterocycles. The lowest BCUT2D eigenvalue weighted by Crippen LogP contribution is -2.00. The van der Waals surface area contributed by atoms with Gasteiger partial charge in [-0.15, -0.1) is 11.3 Å². The minimum absolute atomic E-state index is 0.574. The molecule has 0 radical (unpaired) electrons. The molecule has 0 spiro atoms. The summed E-state index contributed by atoms with van der Waals surface area (Å²) in [4.78, 5) is 4.53. The molecule has 0 saturated carbocycles. The van der Waals surface area contributed by atoms with E-state index in [1.807, 2.05) is 48.7 Å². The average molecular weight is 362 g/mol. The van der Waals surface area contributed by atoms with E-state index in [0.717, 1.165) is 27.7 Å². The van der Waals surface area contributed by atoms with Crippen LogP contribution in [-0.2, 0) is 0 Å². The molecule has 3 aromatic rings. The molecule has 0 unspecified atom stereocenters. The lowest BCUT2D eigenvalue weighted by Gasteiger charge is -2.04. The van der Waals surface area contributed by atoms with Crippen LogP contribution in [0.25, 0.3) is 11.3 Å². The number of aromatic nitrogens is 1. The first-order valence-corrected chi connectivity index (χ1v) is 8.54. The fraction of sp³-hybridized carbons (Fsp3) is 0.0588. The Morgan fingerprint density at radius 3 is 2.65 bits per heavy atom. The molecule has 0 aliphatic carbocycles. The number of nitrogens with zero attached hydrogens (tertiary/aromatic N) is 2. The summed E-state index contributed by atoms with van der Waals surface area (Å²) in [5, 5.41) is 8.25. The molecule has 0 atom stereocenters. The topological polar surface area (TPSA) is 37.3 Å². The highest BCUT2D eigenvalue weighted by Gasteiger charge is 2.06. The van der Waals surface area contributed by atoms with Gasteiger partial charge >= 0.3 is 0 Å². The number of nitrogens with one attached hydrogen (secondary N) is 1. The number of hydrazone groups is 1. The Labute approximate surface area is 148 Å². The van der Waals surface area contributed by atoms with Crippen molar-refractivity contribution in [3.8, 4) is 11.3 Å². The first kappa shape index (κ1) is 16.0. The Balaban J connectivity index is 1.76. The summed E-state index contributed by atoms with van der Waals surface area (Å²) in [6, 6.07) is 15.4. The van der Waals surface area contributed by atoms with Crippen LogP contribution >= 0.6 is 34.5 Å². The normalized spacial score (nSPS) is 11.5. The Bertz CT molecular complexity index is 844. The molecule has 1 heterocycles. The molecule has 0 fully saturated rings. The van der Waals surface area contributed by atoms with E-state index in [-0.39, 0.29) is 0 Å². The number of halogens is 2.